The van der Waals surface area contributed by atoms with Crippen molar-refractivity contribution in [1.82, 2.24) is 0 Å². The van der Waals surface area contributed by atoms with Crippen LogP contribution in [0.2, 0.25) is 0 Å². The van der Waals surface area contributed by atoms with Crippen LogP contribution in [0, 0.1) is 13.8 Å². The van der Waals surface area contributed by atoms with Gasteiger partial charge in [0.05, 0.1) is 15.5 Å². The standard InChI is InChI=1S/C20H18N4O4S2/c1-15-6-10-19(11-7-15)29(25,26)24(18-5-3-4-17(14-18)22-23-21)30(27,28)20-12-8-16(2)9-13-20/h3-14H,1-2H3. The number of aryl methyl sites for hydroxylation is 2. The zero-order chi connectivity index (χ0) is 21.9. The van der Waals surface area contributed by atoms with Crippen molar-refractivity contribution < 1.29 is 16.8 Å². The van der Waals surface area contributed by atoms with Gasteiger partial charge in [0.25, 0.3) is 20.0 Å². The third-order valence-corrected chi connectivity index (χ3v) is 8.48. The average molecular weight is 443 g/mol. The number of azide groups is 1. The van der Waals surface area contributed by atoms with Crippen LogP contribution in [0.5, 0.6) is 0 Å². The molecule has 3 rings (SSSR count). The van der Waals surface area contributed by atoms with E-state index in [4.69, 9.17) is 5.53 Å². The summed E-state index contributed by atoms with van der Waals surface area (Å²) < 4.78 is 54.1. The smallest absolute Gasteiger partial charge is 0.200 e. The van der Waals surface area contributed by atoms with Crippen molar-refractivity contribution in [3.05, 3.63) is 94.4 Å². The summed E-state index contributed by atoms with van der Waals surface area (Å²) in [5.41, 5.74) is 10.3. The number of hydrogen-bond acceptors (Lipinski definition) is 5. The van der Waals surface area contributed by atoms with Gasteiger partial charge in [-0.25, -0.2) is 16.8 Å². The van der Waals surface area contributed by atoms with Crippen LogP contribution in [-0.2, 0) is 20.0 Å². The highest BCUT2D eigenvalue weighted by Gasteiger charge is 2.37. The Morgan fingerprint density at radius 2 is 1.23 bits per heavy atom. The molecule has 0 saturated heterocycles. The molecular weight excluding hydrogens is 424 g/mol. The SMILES string of the molecule is Cc1ccc(S(=O)(=O)N(c2cccc(N=[N+]=[N-])c2)S(=O)(=O)c2ccc(C)cc2)cc1. The van der Waals surface area contributed by atoms with Crippen LogP contribution in [0.15, 0.2) is 87.7 Å². The molecule has 0 atom stereocenters. The second-order valence-corrected chi connectivity index (χ2v) is 10.3. The summed E-state index contributed by atoms with van der Waals surface area (Å²) in [4.78, 5) is 2.31. The first-order chi connectivity index (χ1) is 14.2. The summed E-state index contributed by atoms with van der Waals surface area (Å²) in [6.07, 6.45) is 0. The fourth-order valence-electron chi connectivity index (χ4n) is 2.74. The highest BCUT2D eigenvalue weighted by Crippen LogP contribution is 2.33. The van der Waals surface area contributed by atoms with Gasteiger partial charge in [-0.1, -0.05) is 52.6 Å². The van der Waals surface area contributed by atoms with Crippen LogP contribution in [0.3, 0.4) is 0 Å². The van der Waals surface area contributed by atoms with E-state index in [2.05, 4.69) is 10.0 Å². The van der Waals surface area contributed by atoms with Crippen molar-refractivity contribution in [1.29, 1.82) is 0 Å². The molecule has 0 radical (unpaired) electrons. The predicted octanol–water partition coefficient (Wildman–Crippen LogP) is 4.83. The molecular formula is C20H18N4O4S2. The van der Waals surface area contributed by atoms with E-state index in [1.54, 1.807) is 38.1 Å². The molecule has 154 valence electrons. The zero-order valence-corrected chi connectivity index (χ0v) is 17.8. The van der Waals surface area contributed by atoms with Crippen molar-refractivity contribution in [2.45, 2.75) is 23.6 Å². The Morgan fingerprint density at radius 3 is 1.67 bits per heavy atom. The Labute approximate surface area is 175 Å². The Hall–Kier alpha value is -3.33. The molecule has 0 amide bonds. The van der Waals surface area contributed by atoms with Gasteiger partial charge in [0, 0.05) is 10.6 Å². The maximum atomic E-state index is 13.4. The van der Waals surface area contributed by atoms with Crippen LogP contribution < -0.4 is 3.71 Å². The summed E-state index contributed by atoms with van der Waals surface area (Å²) in [5.74, 6) is 0. The van der Waals surface area contributed by atoms with E-state index in [0.29, 0.717) is 3.71 Å². The van der Waals surface area contributed by atoms with Crippen molar-refractivity contribution in [2.24, 2.45) is 5.11 Å². The maximum Gasteiger partial charge on any atom is 0.277 e. The number of benzene rings is 3. The third kappa shape index (κ3) is 4.16. The monoisotopic (exact) mass is 442 g/mol. The van der Waals surface area contributed by atoms with Gasteiger partial charge in [0.15, 0.2) is 0 Å². The summed E-state index contributed by atoms with van der Waals surface area (Å²) >= 11 is 0. The highest BCUT2D eigenvalue weighted by molar-refractivity contribution is 8.10. The fourth-order valence-corrected chi connectivity index (χ4v) is 6.41. The molecule has 10 heteroatoms. The molecule has 0 N–H and O–H groups in total. The molecule has 0 heterocycles. The Bertz CT molecular complexity index is 1250. The molecule has 0 aliphatic rings. The minimum absolute atomic E-state index is 0.0817. The molecule has 8 nitrogen and oxygen atoms in total. The van der Waals surface area contributed by atoms with E-state index in [-0.39, 0.29) is 21.2 Å². The number of hydrogen-bond donors (Lipinski definition) is 0. The Kier molecular flexibility index (Phi) is 5.84. The van der Waals surface area contributed by atoms with Gasteiger partial charge in [-0.05, 0) is 55.8 Å². The lowest BCUT2D eigenvalue weighted by atomic mass is 10.2. The number of rotatable bonds is 6. The minimum atomic E-state index is -4.51. The van der Waals surface area contributed by atoms with Crippen molar-refractivity contribution in [3.63, 3.8) is 0 Å². The van der Waals surface area contributed by atoms with Crippen molar-refractivity contribution in [3.8, 4) is 0 Å². The Balaban J connectivity index is 2.28. The van der Waals surface area contributed by atoms with Gasteiger partial charge in [-0.15, -0.1) is 0 Å². The summed E-state index contributed by atoms with van der Waals surface area (Å²) in [5, 5.41) is 3.45. The first-order valence-electron chi connectivity index (χ1n) is 8.75. The van der Waals surface area contributed by atoms with Crippen LogP contribution in [0.25, 0.3) is 10.4 Å². The molecule has 0 spiro atoms. The minimum Gasteiger partial charge on any atom is -0.200 e. The van der Waals surface area contributed by atoms with Gasteiger partial charge < -0.3 is 0 Å². The fraction of sp³-hybridized carbons (Fsp3) is 0.100. The van der Waals surface area contributed by atoms with E-state index in [0.717, 1.165) is 11.1 Å². The topological polar surface area (TPSA) is 120 Å². The van der Waals surface area contributed by atoms with E-state index >= 15 is 0 Å². The first kappa shape index (κ1) is 21.4. The highest BCUT2D eigenvalue weighted by atomic mass is 32.3. The van der Waals surface area contributed by atoms with E-state index in [9.17, 15) is 16.8 Å². The predicted molar refractivity (Wildman–Crippen MR) is 114 cm³/mol. The van der Waals surface area contributed by atoms with Gasteiger partial charge in [-0.3, -0.25) is 0 Å². The summed E-state index contributed by atoms with van der Waals surface area (Å²) in [6, 6.07) is 17.1. The van der Waals surface area contributed by atoms with Gasteiger partial charge in [0.2, 0.25) is 0 Å². The average Bonchev–Trinajstić information content (AvgIpc) is 2.69. The molecule has 3 aromatic rings. The molecule has 0 saturated carbocycles. The molecule has 0 fully saturated rings. The molecule has 0 aromatic heterocycles. The first-order valence-corrected chi connectivity index (χ1v) is 11.6. The molecule has 0 bridgehead atoms. The molecule has 30 heavy (non-hydrogen) atoms. The number of sulfonamides is 2. The van der Waals surface area contributed by atoms with Crippen LogP contribution in [0.1, 0.15) is 11.1 Å². The number of nitrogens with zero attached hydrogens (tertiary/aromatic N) is 4. The summed E-state index contributed by atoms with van der Waals surface area (Å²) in [6.45, 7) is 3.58. The zero-order valence-electron chi connectivity index (χ0n) is 16.2. The largest absolute Gasteiger partial charge is 0.277 e. The summed E-state index contributed by atoms with van der Waals surface area (Å²) in [7, 11) is -9.02. The lowest BCUT2D eigenvalue weighted by molar-refractivity contribution is 0.584. The van der Waals surface area contributed by atoms with E-state index in [1.807, 2.05) is 0 Å². The van der Waals surface area contributed by atoms with Gasteiger partial charge in [-0.2, -0.15) is 3.71 Å². The van der Waals surface area contributed by atoms with Crippen LogP contribution >= 0.6 is 0 Å². The van der Waals surface area contributed by atoms with E-state index in [1.165, 1.54) is 48.5 Å². The van der Waals surface area contributed by atoms with Crippen molar-refractivity contribution in [2.75, 3.05) is 3.71 Å². The third-order valence-electron chi connectivity index (χ3n) is 4.28. The lowest BCUT2D eigenvalue weighted by Gasteiger charge is -2.24. The maximum absolute atomic E-state index is 13.4. The molecule has 3 aromatic carbocycles. The molecule has 0 aliphatic heterocycles. The van der Waals surface area contributed by atoms with Crippen molar-refractivity contribution >= 4 is 31.4 Å². The second-order valence-electron chi connectivity index (χ2n) is 6.54. The molecule has 0 aliphatic carbocycles. The van der Waals surface area contributed by atoms with Gasteiger partial charge in [0.1, 0.15) is 0 Å². The second kappa shape index (κ2) is 8.19. The quantitative estimate of drug-likeness (QED) is 0.308. The van der Waals surface area contributed by atoms with Crippen LogP contribution in [0.4, 0.5) is 11.4 Å². The molecule has 0 unspecified atom stereocenters. The lowest BCUT2D eigenvalue weighted by Crippen LogP contribution is -2.37. The number of anilines is 1. The van der Waals surface area contributed by atoms with E-state index < -0.39 is 20.0 Å². The normalized spacial score (nSPS) is 11.5. The van der Waals surface area contributed by atoms with Gasteiger partial charge >= 0.3 is 0 Å². The van der Waals surface area contributed by atoms with Crippen LogP contribution in [-0.4, -0.2) is 16.8 Å². The Morgan fingerprint density at radius 1 is 0.767 bits per heavy atom.